The van der Waals surface area contributed by atoms with E-state index in [-0.39, 0.29) is 41.8 Å². The fourth-order valence-corrected chi connectivity index (χ4v) is 5.42. The zero-order valence-electron chi connectivity index (χ0n) is 23.8. The first-order valence-electron chi connectivity index (χ1n) is 13.4. The summed E-state index contributed by atoms with van der Waals surface area (Å²) < 4.78 is 6.33. The van der Waals surface area contributed by atoms with Gasteiger partial charge in [-0.3, -0.25) is 9.59 Å². The number of amides is 4. The molecule has 1 aromatic heterocycles. The van der Waals surface area contributed by atoms with Gasteiger partial charge in [-0.25, -0.2) is 9.59 Å². The first kappa shape index (κ1) is 29.7. The maximum absolute atomic E-state index is 13.7. The SMILES string of the molecule is C=CC(=O)Nc1ccc(C(=O)Nc2nn(C(=O)O)c3c2CN(C(=O)NC(CN(C)C)C2CCOCC2)C3(C)C)cc1. The van der Waals surface area contributed by atoms with Gasteiger partial charge in [-0.15, -0.1) is 5.10 Å². The average molecular weight is 568 g/mol. The van der Waals surface area contributed by atoms with Crippen molar-refractivity contribution >= 4 is 35.4 Å². The highest BCUT2D eigenvalue weighted by Gasteiger charge is 2.47. The molecule has 0 spiro atoms. The number of nitrogens with one attached hydrogen (secondary N) is 3. The molecule has 4 rings (SSSR count). The Kier molecular flexibility index (Phi) is 8.78. The molecule has 1 unspecified atom stereocenters. The van der Waals surface area contributed by atoms with Crippen LogP contribution in [0.15, 0.2) is 36.9 Å². The third kappa shape index (κ3) is 6.41. The van der Waals surface area contributed by atoms with E-state index in [0.29, 0.717) is 36.7 Å². The van der Waals surface area contributed by atoms with E-state index >= 15 is 0 Å². The molecule has 2 aliphatic heterocycles. The summed E-state index contributed by atoms with van der Waals surface area (Å²) >= 11 is 0. The minimum Gasteiger partial charge on any atom is -0.463 e. The van der Waals surface area contributed by atoms with E-state index < -0.39 is 17.5 Å². The molecule has 1 atom stereocenters. The lowest BCUT2D eigenvalue weighted by Gasteiger charge is -2.37. The van der Waals surface area contributed by atoms with E-state index in [0.717, 1.165) is 23.6 Å². The van der Waals surface area contributed by atoms with E-state index in [1.54, 1.807) is 30.9 Å². The van der Waals surface area contributed by atoms with Crippen LogP contribution in [0.3, 0.4) is 0 Å². The van der Waals surface area contributed by atoms with Gasteiger partial charge in [0, 0.05) is 42.6 Å². The summed E-state index contributed by atoms with van der Waals surface area (Å²) in [5, 5.41) is 22.6. The second-order valence-corrected chi connectivity index (χ2v) is 11.0. The number of ether oxygens (including phenoxy) is 1. The predicted octanol–water partition coefficient (Wildman–Crippen LogP) is 2.90. The Balaban J connectivity index is 1.56. The van der Waals surface area contributed by atoms with Gasteiger partial charge in [-0.1, -0.05) is 6.58 Å². The number of anilines is 2. The van der Waals surface area contributed by atoms with Gasteiger partial charge in [-0.05, 0) is 77.0 Å². The van der Waals surface area contributed by atoms with E-state index in [2.05, 4.69) is 27.6 Å². The number of hydrogen-bond donors (Lipinski definition) is 4. The average Bonchev–Trinajstić information content (AvgIpc) is 3.43. The summed E-state index contributed by atoms with van der Waals surface area (Å²) in [5.41, 5.74) is 0.491. The van der Waals surface area contributed by atoms with E-state index in [1.807, 2.05) is 19.0 Å². The van der Waals surface area contributed by atoms with Crippen LogP contribution in [-0.4, -0.2) is 88.5 Å². The standard InChI is InChI=1S/C28H37N7O6/c1-6-22(36)29-19-9-7-18(8-10-19)25(37)31-24-20-15-34(28(2,3)23(20)35(32-24)27(39)40)26(38)30-21(16-33(4)5)17-11-13-41-14-12-17/h6-10,17,21H,1,11-16H2,2-5H3,(H,29,36)(H,30,38)(H,39,40)(H,31,32,37). The highest BCUT2D eigenvalue weighted by atomic mass is 16.5. The van der Waals surface area contributed by atoms with Gasteiger partial charge in [0.2, 0.25) is 5.91 Å². The fraction of sp³-hybridized carbons (Fsp3) is 0.464. The number of carboxylic acid groups (broad SMARTS) is 1. The molecule has 0 bridgehead atoms. The number of likely N-dealkylation sites (N-methyl/N-ethyl adjacent to an activating group) is 1. The lowest BCUT2D eigenvalue weighted by Crippen LogP contribution is -2.54. The third-order valence-corrected chi connectivity index (χ3v) is 7.52. The van der Waals surface area contributed by atoms with Crippen molar-refractivity contribution in [1.82, 2.24) is 24.9 Å². The molecule has 4 amide bonds. The zero-order chi connectivity index (χ0) is 29.9. The zero-order valence-corrected chi connectivity index (χ0v) is 23.8. The summed E-state index contributed by atoms with van der Waals surface area (Å²) in [7, 11) is 3.91. The van der Waals surface area contributed by atoms with Crippen LogP contribution in [0, 0.1) is 5.92 Å². The Morgan fingerprint density at radius 2 is 1.83 bits per heavy atom. The second kappa shape index (κ2) is 12.1. The van der Waals surface area contributed by atoms with Gasteiger partial charge >= 0.3 is 12.1 Å². The number of carbonyl (C=O) groups excluding carboxylic acids is 3. The highest BCUT2D eigenvalue weighted by Crippen LogP contribution is 2.42. The fourth-order valence-electron chi connectivity index (χ4n) is 5.42. The molecular formula is C28H37N7O6. The van der Waals surface area contributed by atoms with Crippen molar-refractivity contribution in [2.45, 2.75) is 44.8 Å². The molecule has 1 fully saturated rings. The third-order valence-electron chi connectivity index (χ3n) is 7.52. The maximum Gasteiger partial charge on any atom is 0.432 e. The number of urea groups is 1. The van der Waals surface area contributed by atoms with Crippen molar-refractivity contribution in [3.8, 4) is 0 Å². The van der Waals surface area contributed by atoms with Crippen molar-refractivity contribution < 1.29 is 29.0 Å². The monoisotopic (exact) mass is 567 g/mol. The van der Waals surface area contributed by atoms with Crippen LogP contribution in [0.2, 0.25) is 0 Å². The molecule has 0 saturated carbocycles. The van der Waals surface area contributed by atoms with Gasteiger partial charge in [0.15, 0.2) is 5.82 Å². The molecule has 220 valence electrons. The first-order valence-corrected chi connectivity index (χ1v) is 13.4. The summed E-state index contributed by atoms with van der Waals surface area (Å²) in [4.78, 5) is 54.0. The van der Waals surface area contributed by atoms with Gasteiger partial charge in [0.05, 0.1) is 17.8 Å². The van der Waals surface area contributed by atoms with E-state index in [4.69, 9.17) is 4.74 Å². The molecule has 1 aromatic carbocycles. The molecule has 2 aromatic rings. The summed E-state index contributed by atoms with van der Waals surface area (Å²) in [6.07, 6.45) is 1.49. The minimum absolute atomic E-state index is 0.0616. The predicted molar refractivity (Wildman–Crippen MR) is 152 cm³/mol. The van der Waals surface area contributed by atoms with Crippen molar-refractivity contribution in [3.63, 3.8) is 0 Å². The topological polar surface area (TPSA) is 158 Å². The highest BCUT2D eigenvalue weighted by molar-refractivity contribution is 6.05. The lowest BCUT2D eigenvalue weighted by molar-refractivity contribution is -0.111. The number of carbonyl (C=O) groups is 4. The molecule has 0 radical (unpaired) electrons. The number of benzene rings is 1. The number of aromatic nitrogens is 2. The lowest BCUT2D eigenvalue weighted by atomic mass is 9.91. The van der Waals surface area contributed by atoms with E-state index in [9.17, 15) is 24.3 Å². The van der Waals surface area contributed by atoms with Crippen molar-refractivity contribution in [2.24, 2.45) is 5.92 Å². The van der Waals surface area contributed by atoms with Crippen molar-refractivity contribution in [1.29, 1.82) is 0 Å². The van der Waals surface area contributed by atoms with Gasteiger partial charge in [0.1, 0.15) is 0 Å². The first-order chi connectivity index (χ1) is 19.4. The quantitative estimate of drug-likeness (QED) is 0.355. The Hall–Kier alpha value is -4.23. The molecule has 13 nitrogen and oxygen atoms in total. The molecule has 41 heavy (non-hydrogen) atoms. The number of hydrogen-bond acceptors (Lipinski definition) is 7. The van der Waals surface area contributed by atoms with E-state index in [1.165, 1.54) is 12.1 Å². The molecule has 3 heterocycles. The molecule has 1 saturated heterocycles. The Morgan fingerprint density at radius 1 is 1.17 bits per heavy atom. The number of fused-ring (bicyclic) bond motifs is 1. The van der Waals surface area contributed by atoms with Gasteiger partial charge in [0.25, 0.3) is 5.91 Å². The largest absolute Gasteiger partial charge is 0.463 e. The van der Waals surface area contributed by atoms with Crippen LogP contribution in [0.5, 0.6) is 0 Å². The van der Waals surface area contributed by atoms with Gasteiger partial charge < -0.3 is 35.6 Å². The van der Waals surface area contributed by atoms with Crippen LogP contribution in [-0.2, 0) is 21.6 Å². The molecule has 4 N–H and O–H groups in total. The Bertz CT molecular complexity index is 1330. The van der Waals surface area contributed by atoms with Gasteiger partial charge in [-0.2, -0.15) is 4.68 Å². The summed E-state index contributed by atoms with van der Waals surface area (Å²) in [5.74, 6) is -0.581. The van der Waals surface area contributed by atoms with Crippen LogP contribution < -0.4 is 16.0 Å². The van der Waals surface area contributed by atoms with Crippen molar-refractivity contribution in [3.05, 3.63) is 53.7 Å². The maximum atomic E-state index is 13.7. The minimum atomic E-state index is -1.33. The molecule has 2 aliphatic rings. The Morgan fingerprint density at radius 3 is 2.41 bits per heavy atom. The number of rotatable bonds is 8. The van der Waals surface area contributed by atoms with Crippen molar-refractivity contribution in [2.75, 3.05) is 44.5 Å². The smallest absolute Gasteiger partial charge is 0.432 e. The van der Waals surface area contributed by atoms with Crippen LogP contribution >= 0.6 is 0 Å². The number of nitrogens with zero attached hydrogens (tertiary/aromatic N) is 4. The second-order valence-electron chi connectivity index (χ2n) is 11.0. The summed E-state index contributed by atoms with van der Waals surface area (Å²) in [6.45, 7) is 8.93. The van der Waals surface area contributed by atoms with Crippen LogP contribution in [0.4, 0.5) is 21.1 Å². The normalized spacial score (nSPS) is 17.0. The molecular weight excluding hydrogens is 530 g/mol. The molecule has 0 aliphatic carbocycles. The van der Waals surface area contributed by atoms with Crippen LogP contribution in [0.1, 0.15) is 48.3 Å². The molecule has 13 heteroatoms. The summed E-state index contributed by atoms with van der Waals surface area (Å²) in [6, 6.07) is 5.73. The Labute approximate surface area is 238 Å². The van der Waals surface area contributed by atoms with Crippen LogP contribution in [0.25, 0.3) is 0 Å².